The second-order valence-corrected chi connectivity index (χ2v) is 6.81. The first-order valence-corrected chi connectivity index (χ1v) is 8.56. The Morgan fingerprint density at radius 1 is 1.29 bits per heavy atom. The van der Waals surface area contributed by atoms with E-state index in [-0.39, 0.29) is 5.92 Å². The van der Waals surface area contributed by atoms with Gasteiger partial charge in [0, 0.05) is 30.9 Å². The molecule has 1 saturated carbocycles. The van der Waals surface area contributed by atoms with E-state index in [9.17, 15) is 18.0 Å². The Bertz CT molecular complexity index is 540. The maximum Gasteiger partial charge on any atom is 0.408 e. The van der Waals surface area contributed by atoms with E-state index in [1.165, 1.54) is 4.90 Å². The van der Waals surface area contributed by atoms with E-state index in [4.69, 9.17) is 0 Å². The lowest BCUT2D eigenvalue weighted by atomic mass is 9.95. The Hall–Kier alpha value is -1.73. The Labute approximate surface area is 139 Å². The van der Waals surface area contributed by atoms with Crippen LogP contribution in [0.25, 0.3) is 0 Å². The summed E-state index contributed by atoms with van der Waals surface area (Å²) in [6.45, 7) is 0.912. The normalized spacial score (nSPS) is 24.1. The number of rotatable bonds is 3. The molecule has 2 N–H and O–H groups in total. The number of urea groups is 1. The van der Waals surface area contributed by atoms with E-state index in [0.29, 0.717) is 25.9 Å². The summed E-state index contributed by atoms with van der Waals surface area (Å²) in [7, 11) is 0. The van der Waals surface area contributed by atoms with Gasteiger partial charge in [0.15, 0.2) is 0 Å². The lowest BCUT2D eigenvalue weighted by Gasteiger charge is -2.35. The van der Waals surface area contributed by atoms with Gasteiger partial charge in [-0.05, 0) is 37.7 Å². The smallest absolute Gasteiger partial charge is 0.326 e. The number of likely N-dealkylation sites (tertiary alicyclic amines) is 1. The Morgan fingerprint density at radius 3 is 2.67 bits per heavy atom. The molecule has 0 unspecified atom stereocenters. The number of amides is 2. The van der Waals surface area contributed by atoms with Crippen LogP contribution >= 0.6 is 0 Å². The highest BCUT2D eigenvalue weighted by molar-refractivity contribution is 5.75. The van der Waals surface area contributed by atoms with Gasteiger partial charge in [-0.25, -0.2) is 4.79 Å². The second-order valence-electron chi connectivity index (χ2n) is 6.81. The number of aromatic nitrogens is 2. The van der Waals surface area contributed by atoms with Gasteiger partial charge < -0.3 is 10.2 Å². The van der Waals surface area contributed by atoms with E-state index in [1.807, 2.05) is 6.07 Å². The molecule has 1 saturated heterocycles. The predicted molar refractivity (Wildman–Crippen MR) is 82.5 cm³/mol. The molecule has 134 valence electrons. The van der Waals surface area contributed by atoms with Crippen molar-refractivity contribution in [1.29, 1.82) is 0 Å². The van der Waals surface area contributed by atoms with Crippen LogP contribution in [0.1, 0.15) is 50.1 Å². The van der Waals surface area contributed by atoms with Crippen LogP contribution in [0.4, 0.5) is 18.0 Å². The molecule has 0 aromatic carbocycles. The second kappa shape index (κ2) is 7.03. The lowest BCUT2D eigenvalue weighted by Crippen LogP contribution is -2.55. The van der Waals surface area contributed by atoms with Crippen molar-refractivity contribution in [3.05, 3.63) is 18.0 Å². The van der Waals surface area contributed by atoms with Crippen molar-refractivity contribution >= 4 is 6.03 Å². The van der Waals surface area contributed by atoms with Crippen molar-refractivity contribution in [2.75, 3.05) is 13.1 Å². The monoisotopic (exact) mass is 344 g/mol. The SMILES string of the molecule is O=C(N[C@H](C1CCCC1)C(F)(F)F)N1CCC[C@@H](c2ccn[nH]2)C1. The summed E-state index contributed by atoms with van der Waals surface area (Å²) in [5.74, 6) is -0.398. The number of hydrogen-bond acceptors (Lipinski definition) is 2. The fourth-order valence-corrected chi connectivity index (χ4v) is 3.89. The number of aromatic amines is 1. The predicted octanol–water partition coefficient (Wildman–Crippen LogP) is 3.42. The van der Waals surface area contributed by atoms with Crippen LogP contribution in [0.2, 0.25) is 0 Å². The van der Waals surface area contributed by atoms with Crippen LogP contribution in [0.15, 0.2) is 12.3 Å². The minimum Gasteiger partial charge on any atom is -0.326 e. The molecule has 3 rings (SSSR count). The van der Waals surface area contributed by atoms with Gasteiger partial charge in [0.05, 0.1) is 0 Å². The molecule has 0 bridgehead atoms. The van der Waals surface area contributed by atoms with Crippen molar-refractivity contribution in [2.24, 2.45) is 5.92 Å². The largest absolute Gasteiger partial charge is 0.408 e. The molecule has 2 amide bonds. The highest BCUT2D eigenvalue weighted by Crippen LogP contribution is 2.36. The van der Waals surface area contributed by atoms with E-state index >= 15 is 0 Å². The molecule has 1 aliphatic carbocycles. The average Bonchev–Trinajstić information content (AvgIpc) is 3.24. The van der Waals surface area contributed by atoms with Crippen LogP contribution in [-0.4, -0.2) is 46.4 Å². The van der Waals surface area contributed by atoms with Gasteiger partial charge >= 0.3 is 12.2 Å². The molecular formula is C16H23F3N4O. The molecule has 2 atom stereocenters. The maximum absolute atomic E-state index is 13.4. The molecule has 2 aliphatic rings. The first-order chi connectivity index (χ1) is 11.4. The van der Waals surface area contributed by atoms with E-state index in [0.717, 1.165) is 31.4 Å². The molecule has 8 heteroatoms. The topological polar surface area (TPSA) is 61.0 Å². The third-order valence-electron chi connectivity index (χ3n) is 5.17. The maximum atomic E-state index is 13.4. The van der Waals surface area contributed by atoms with Gasteiger partial charge in [-0.15, -0.1) is 0 Å². The minimum absolute atomic E-state index is 0.0998. The number of piperidine rings is 1. The number of carbonyl (C=O) groups excluding carboxylic acids is 1. The third kappa shape index (κ3) is 3.84. The van der Waals surface area contributed by atoms with Crippen LogP contribution in [-0.2, 0) is 0 Å². The summed E-state index contributed by atoms with van der Waals surface area (Å²) in [4.78, 5) is 13.9. The highest BCUT2D eigenvalue weighted by Gasteiger charge is 2.46. The zero-order valence-corrected chi connectivity index (χ0v) is 13.5. The summed E-state index contributed by atoms with van der Waals surface area (Å²) < 4.78 is 40.1. The van der Waals surface area contributed by atoms with Gasteiger partial charge in [0.2, 0.25) is 0 Å². The average molecular weight is 344 g/mol. The van der Waals surface area contributed by atoms with Gasteiger partial charge in [-0.1, -0.05) is 12.8 Å². The van der Waals surface area contributed by atoms with Crippen LogP contribution in [0.5, 0.6) is 0 Å². The molecule has 1 aromatic rings. The van der Waals surface area contributed by atoms with Gasteiger partial charge in [-0.3, -0.25) is 5.10 Å². The Kier molecular flexibility index (Phi) is 5.01. The number of carbonyl (C=O) groups is 1. The standard InChI is InChI=1S/C16H23F3N4O/c17-16(18,19)14(11-4-1-2-5-11)21-15(24)23-9-3-6-12(10-23)13-7-8-20-22-13/h7-8,11-12,14H,1-6,9-10H2,(H,20,22)(H,21,24)/t12-,14-/m1/s1. The molecule has 5 nitrogen and oxygen atoms in total. The number of nitrogens with zero attached hydrogens (tertiary/aromatic N) is 2. The molecule has 2 fully saturated rings. The molecular weight excluding hydrogens is 321 g/mol. The lowest BCUT2D eigenvalue weighted by molar-refractivity contribution is -0.165. The first kappa shape index (κ1) is 17.1. The Balaban J connectivity index is 1.64. The number of hydrogen-bond donors (Lipinski definition) is 2. The van der Waals surface area contributed by atoms with Crippen molar-refractivity contribution in [1.82, 2.24) is 20.4 Å². The van der Waals surface area contributed by atoms with Crippen molar-refractivity contribution in [3.8, 4) is 0 Å². The van der Waals surface area contributed by atoms with Crippen LogP contribution < -0.4 is 5.32 Å². The third-order valence-corrected chi connectivity index (χ3v) is 5.17. The van der Waals surface area contributed by atoms with E-state index in [2.05, 4.69) is 15.5 Å². The van der Waals surface area contributed by atoms with E-state index < -0.39 is 24.2 Å². The van der Waals surface area contributed by atoms with E-state index in [1.54, 1.807) is 6.20 Å². The molecule has 0 radical (unpaired) electrons. The van der Waals surface area contributed by atoms with Gasteiger partial charge in [0.25, 0.3) is 0 Å². The summed E-state index contributed by atoms with van der Waals surface area (Å²) in [6, 6.07) is -0.489. The molecule has 24 heavy (non-hydrogen) atoms. The summed E-state index contributed by atoms with van der Waals surface area (Å²) in [6.07, 6.45) is 1.59. The number of alkyl halides is 3. The van der Waals surface area contributed by atoms with Crippen molar-refractivity contribution < 1.29 is 18.0 Å². The van der Waals surface area contributed by atoms with Crippen LogP contribution in [0.3, 0.4) is 0 Å². The Morgan fingerprint density at radius 2 is 2.04 bits per heavy atom. The zero-order valence-electron chi connectivity index (χ0n) is 13.5. The zero-order chi connectivity index (χ0) is 17.2. The van der Waals surface area contributed by atoms with Gasteiger partial charge in [-0.2, -0.15) is 18.3 Å². The number of halogens is 3. The molecule has 0 spiro atoms. The molecule has 2 heterocycles. The summed E-state index contributed by atoms with van der Waals surface area (Å²) >= 11 is 0. The fourth-order valence-electron chi connectivity index (χ4n) is 3.89. The molecule has 1 aliphatic heterocycles. The van der Waals surface area contributed by atoms with Crippen LogP contribution in [0, 0.1) is 5.92 Å². The number of H-pyrrole nitrogens is 1. The van der Waals surface area contributed by atoms with Crippen molar-refractivity contribution in [3.63, 3.8) is 0 Å². The highest BCUT2D eigenvalue weighted by atomic mass is 19.4. The summed E-state index contributed by atoms with van der Waals surface area (Å²) in [5, 5.41) is 9.07. The molecule has 1 aromatic heterocycles. The summed E-state index contributed by atoms with van der Waals surface area (Å²) in [5.41, 5.74) is 0.927. The van der Waals surface area contributed by atoms with Crippen molar-refractivity contribution in [2.45, 2.75) is 56.7 Å². The minimum atomic E-state index is -4.40. The van der Waals surface area contributed by atoms with Gasteiger partial charge in [0.1, 0.15) is 6.04 Å². The number of nitrogens with one attached hydrogen (secondary N) is 2. The first-order valence-electron chi connectivity index (χ1n) is 8.56. The fraction of sp³-hybridized carbons (Fsp3) is 0.750. The quantitative estimate of drug-likeness (QED) is 0.883.